The number of phenols is 1. The largest absolute Gasteiger partial charge is 0.508 e. The zero-order chi connectivity index (χ0) is 17.3. The van der Waals surface area contributed by atoms with E-state index in [0.717, 1.165) is 12.0 Å². The summed E-state index contributed by atoms with van der Waals surface area (Å²) in [7, 11) is 1.64. The van der Waals surface area contributed by atoms with E-state index < -0.39 is 0 Å². The Balaban J connectivity index is 1.63. The summed E-state index contributed by atoms with van der Waals surface area (Å²) in [6.07, 6.45) is 2.29. The summed E-state index contributed by atoms with van der Waals surface area (Å²) in [6.45, 7) is 1.11. The van der Waals surface area contributed by atoms with Crippen molar-refractivity contribution in [2.45, 2.75) is 37.7 Å². The molecule has 3 rings (SSSR count). The van der Waals surface area contributed by atoms with Crippen LogP contribution in [0.2, 0.25) is 0 Å². The average Bonchev–Trinajstić information content (AvgIpc) is 3.00. The zero-order valence-corrected chi connectivity index (χ0v) is 13.9. The Bertz CT molecular complexity index is 638. The highest BCUT2D eigenvalue weighted by molar-refractivity contribution is 5.89. The van der Waals surface area contributed by atoms with Crippen molar-refractivity contribution in [2.75, 3.05) is 26.7 Å². The van der Waals surface area contributed by atoms with Crippen molar-refractivity contribution in [2.24, 2.45) is 0 Å². The molecular weight excluding hydrogens is 308 g/mol. The second-order valence-electron chi connectivity index (χ2n) is 6.75. The van der Waals surface area contributed by atoms with Crippen molar-refractivity contribution in [1.82, 2.24) is 9.80 Å². The van der Waals surface area contributed by atoms with Gasteiger partial charge < -0.3 is 20.0 Å². The third-order valence-corrected chi connectivity index (χ3v) is 5.09. The van der Waals surface area contributed by atoms with Crippen molar-refractivity contribution in [3.63, 3.8) is 0 Å². The minimum Gasteiger partial charge on any atom is -0.508 e. The molecule has 1 heterocycles. The summed E-state index contributed by atoms with van der Waals surface area (Å²) in [5.74, 6) is -0.427. The molecule has 1 saturated heterocycles. The average molecular weight is 332 g/mol. The van der Waals surface area contributed by atoms with Gasteiger partial charge in [0.1, 0.15) is 5.75 Å². The first-order valence-corrected chi connectivity index (χ1v) is 8.49. The molecule has 1 unspecified atom stereocenters. The highest BCUT2D eigenvalue weighted by atomic mass is 16.3. The first-order chi connectivity index (χ1) is 11.5. The quantitative estimate of drug-likeness (QED) is 0.860. The highest BCUT2D eigenvalue weighted by Crippen LogP contribution is 2.39. The van der Waals surface area contributed by atoms with E-state index in [2.05, 4.69) is 0 Å². The van der Waals surface area contributed by atoms with E-state index in [9.17, 15) is 19.8 Å². The minimum absolute atomic E-state index is 0.0361. The number of aliphatic hydroxyl groups excluding tert-OH is 1. The number of aryl methyl sites for hydroxylation is 1. The third kappa shape index (κ3) is 3.24. The fourth-order valence-corrected chi connectivity index (χ4v) is 3.67. The monoisotopic (exact) mass is 332 g/mol. The molecule has 0 aromatic heterocycles. The lowest BCUT2D eigenvalue weighted by atomic mass is 9.99. The van der Waals surface area contributed by atoms with Gasteiger partial charge in [-0.25, -0.2) is 0 Å². The molecule has 24 heavy (non-hydrogen) atoms. The molecule has 6 heteroatoms. The number of benzene rings is 1. The van der Waals surface area contributed by atoms with Crippen LogP contribution in [0.25, 0.3) is 0 Å². The maximum Gasteiger partial charge on any atom is 0.242 e. The topological polar surface area (TPSA) is 81.1 Å². The molecule has 0 radical (unpaired) electrons. The number of rotatable bonds is 3. The summed E-state index contributed by atoms with van der Waals surface area (Å²) in [4.78, 5) is 28.2. The number of aliphatic hydroxyl groups is 1. The van der Waals surface area contributed by atoms with E-state index in [0.29, 0.717) is 37.9 Å². The van der Waals surface area contributed by atoms with Crippen molar-refractivity contribution < 1.29 is 19.8 Å². The van der Waals surface area contributed by atoms with Gasteiger partial charge in [0.15, 0.2) is 0 Å². The van der Waals surface area contributed by atoms with E-state index >= 15 is 0 Å². The molecule has 1 aromatic carbocycles. The van der Waals surface area contributed by atoms with Crippen LogP contribution in [-0.2, 0) is 16.0 Å². The van der Waals surface area contributed by atoms with Crippen LogP contribution >= 0.6 is 0 Å². The number of phenolic OH excluding ortho intramolecular Hbond substituents is 1. The van der Waals surface area contributed by atoms with Crippen molar-refractivity contribution in [3.05, 3.63) is 29.3 Å². The molecule has 1 fully saturated rings. The first-order valence-electron chi connectivity index (χ1n) is 8.49. The molecule has 0 bridgehead atoms. The molecule has 1 aliphatic carbocycles. The van der Waals surface area contributed by atoms with Crippen LogP contribution in [0.5, 0.6) is 5.75 Å². The summed E-state index contributed by atoms with van der Waals surface area (Å²) in [5, 5.41) is 19.6. The first kappa shape index (κ1) is 16.8. The van der Waals surface area contributed by atoms with E-state index in [4.69, 9.17) is 0 Å². The molecule has 6 nitrogen and oxygen atoms in total. The maximum absolute atomic E-state index is 12.7. The second kappa shape index (κ2) is 6.81. The molecule has 1 atom stereocenters. The van der Waals surface area contributed by atoms with Gasteiger partial charge in [-0.1, -0.05) is 12.1 Å². The van der Waals surface area contributed by atoms with Crippen molar-refractivity contribution >= 4 is 11.8 Å². The second-order valence-corrected chi connectivity index (χ2v) is 6.75. The Morgan fingerprint density at radius 3 is 2.67 bits per heavy atom. The number of likely N-dealkylation sites (tertiary alicyclic amines) is 1. The molecule has 1 aromatic rings. The SMILES string of the molecule is CN(CC(=O)N1CCC(O)CC1)C(=O)C1CCc2cccc(O)c21. The van der Waals surface area contributed by atoms with Crippen LogP contribution < -0.4 is 0 Å². The molecule has 0 saturated carbocycles. The molecular formula is C18H24N2O4. The Kier molecular flexibility index (Phi) is 4.76. The lowest BCUT2D eigenvalue weighted by Gasteiger charge is -2.31. The fraction of sp³-hybridized carbons (Fsp3) is 0.556. The standard InChI is InChI=1S/C18H24N2O4/c1-19(11-16(23)20-9-7-13(21)8-10-20)18(24)14-6-5-12-3-2-4-15(22)17(12)14/h2-4,13-14,21-22H,5-11H2,1H3. The maximum atomic E-state index is 12.7. The molecule has 0 spiro atoms. The van der Waals surface area contributed by atoms with Gasteiger partial charge in [-0.15, -0.1) is 0 Å². The number of likely N-dealkylation sites (N-methyl/N-ethyl adjacent to an activating group) is 1. The van der Waals surface area contributed by atoms with Gasteiger partial charge in [0.2, 0.25) is 11.8 Å². The van der Waals surface area contributed by atoms with E-state index in [1.54, 1.807) is 24.1 Å². The van der Waals surface area contributed by atoms with E-state index in [-0.39, 0.29) is 36.1 Å². The highest BCUT2D eigenvalue weighted by Gasteiger charge is 2.34. The lowest BCUT2D eigenvalue weighted by Crippen LogP contribution is -2.46. The number of piperidine rings is 1. The van der Waals surface area contributed by atoms with E-state index in [1.807, 2.05) is 6.07 Å². The summed E-state index contributed by atoms with van der Waals surface area (Å²) in [6, 6.07) is 5.33. The zero-order valence-electron chi connectivity index (χ0n) is 13.9. The Morgan fingerprint density at radius 1 is 1.25 bits per heavy atom. The van der Waals surface area contributed by atoms with Crippen LogP contribution in [0.1, 0.15) is 36.3 Å². The Morgan fingerprint density at radius 2 is 1.96 bits per heavy atom. The van der Waals surface area contributed by atoms with Crippen LogP contribution in [0.4, 0.5) is 0 Å². The van der Waals surface area contributed by atoms with Gasteiger partial charge in [-0.2, -0.15) is 0 Å². The number of fused-ring (bicyclic) bond motifs is 1. The Labute approximate surface area is 141 Å². The predicted molar refractivity (Wildman–Crippen MR) is 88.6 cm³/mol. The normalized spacial score (nSPS) is 20.8. The van der Waals surface area contributed by atoms with Gasteiger partial charge in [-0.3, -0.25) is 9.59 Å². The van der Waals surface area contributed by atoms with Crippen molar-refractivity contribution in [1.29, 1.82) is 0 Å². The van der Waals surface area contributed by atoms with E-state index in [1.165, 1.54) is 4.90 Å². The smallest absolute Gasteiger partial charge is 0.242 e. The minimum atomic E-state index is -0.373. The van der Waals surface area contributed by atoms with Gasteiger partial charge in [0.25, 0.3) is 0 Å². The van der Waals surface area contributed by atoms with Gasteiger partial charge in [0, 0.05) is 25.7 Å². The number of carbonyl (C=O) groups is 2. The summed E-state index contributed by atoms with van der Waals surface area (Å²) < 4.78 is 0. The number of nitrogens with zero attached hydrogens (tertiary/aromatic N) is 2. The molecule has 2 amide bonds. The van der Waals surface area contributed by atoms with Gasteiger partial charge >= 0.3 is 0 Å². The number of hydrogen-bond acceptors (Lipinski definition) is 4. The van der Waals surface area contributed by atoms with Crippen LogP contribution in [0, 0.1) is 0 Å². The summed E-state index contributed by atoms with van der Waals surface area (Å²) >= 11 is 0. The number of amides is 2. The number of hydrogen-bond donors (Lipinski definition) is 2. The Hall–Kier alpha value is -2.08. The summed E-state index contributed by atoms with van der Waals surface area (Å²) in [5.41, 5.74) is 1.72. The number of carbonyl (C=O) groups excluding carboxylic acids is 2. The lowest BCUT2D eigenvalue weighted by molar-refractivity contribution is -0.141. The molecule has 1 aliphatic heterocycles. The van der Waals surface area contributed by atoms with Crippen LogP contribution in [0.15, 0.2) is 18.2 Å². The molecule has 2 aliphatic rings. The van der Waals surface area contributed by atoms with Gasteiger partial charge in [-0.05, 0) is 37.3 Å². The fourth-order valence-electron chi connectivity index (χ4n) is 3.67. The van der Waals surface area contributed by atoms with Crippen molar-refractivity contribution in [3.8, 4) is 5.75 Å². The molecule has 2 N–H and O–H groups in total. The molecule has 130 valence electrons. The van der Waals surface area contributed by atoms with Gasteiger partial charge in [0.05, 0.1) is 18.6 Å². The number of aromatic hydroxyl groups is 1. The van der Waals surface area contributed by atoms with Crippen LogP contribution in [-0.4, -0.2) is 64.6 Å². The van der Waals surface area contributed by atoms with Crippen LogP contribution in [0.3, 0.4) is 0 Å². The third-order valence-electron chi connectivity index (χ3n) is 5.09. The predicted octanol–water partition coefficient (Wildman–Crippen LogP) is 0.864.